The first kappa shape index (κ1) is 16.5. The van der Waals surface area contributed by atoms with Crippen LogP contribution >= 0.6 is 0 Å². The van der Waals surface area contributed by atoms with Crippen molar-refractivity contribution in [1.82, 2.24) is 9.55 Å². The number of rotatable bonds is 3. The van der Waals surface area contributed by atoms with Gasteiger partial charge in [0.05, 0.1) is 16.0 Å². The van der Waals surface area contributed by atoms with Crippen molar-refractivity contribution >= 4 is 22.4 Å². The summed E-state index contributed by atoms with van der Waals surface area (Å²) in [4.78, 5) is 18.2. The number of aromatic nitrogens is 2. The van der Waals surface area contributed by atoms with Crippen LogP contribution in [0.5, 0.6) is 0 Å². The van der Waals surface area contributed by atoms with Gasteiger partial charge in [0.15, 0.2) is 0 Å². The highest BCUT2D eigenvalue weighted by Gasteiger charge is 2.33. The van der Waals surface area contributed by atoms with Crippen LogP contribution in [0.4, 0.5) is 11.4 Å². The summed E-state index contributed by atoms with van der Waals surface area (Å²) in [6.45, 7) is 2.86. The SMILES string of the molecule is CCN1c2ccccc2-c2nc3ccccc3n2[C@@H]1c1cccc([N+](=O)[O-])c1. The molecule has 138 valence electrons. The summed E-state index contributed by atoms with van der Waals surface area (Å²) >= 11 is 0. The molecule has 0 N–H and O–H groups in total. The number of nitrogens with zero attached hydrogens (tertiary/aromatic N) is 4. The Kier molecular flexibility index (Phi) is 3.65. The molecule has 0 unspecified atom stereocenters. The zero-order valence-corrected chi connectivity index (χ0v) is 15.3. The molecule has 6 nitrogen and oxygen atoms in total. The topological polar surface area (TPSA) is 64.2 Å². The van der Waals surface area contributed by atoms with Gasteiger partial charge in [-0.25, -0.2) is 4.98 Å². The maximum Gasteiger partial charge on any atom is 0.269 e. The highest BCUT2D eigenvalue weighted by molar-refractivity contribution is 5.87. The fraction of sp³-hybridized carbons (Fsp3) is 0.136. The standard InChI is InChI=1S/C22H18N4O2/c1-2-24-19-12-5-3-10-17(19)21-23-18-11-4-6-13-20(18)25(21)22(24)15-8-7-9-16(14-15)26(27)28/h3-14,22H,2H2,1H3/t22-/m1/s1. The molecule has 1 aromatic heterocycles. The van der Waals surface area contributed by atoms with Crippen molar-refractivity contribution < 1.29 is 4.92 Å². The van der Waals surface area contributed by atoms with Gasteiger partial charge in [-0.05, 0) is 31.2 Å². The van der Waals surface area contributed by atoms with Gasteiger partial charge >= 0.3 is 0 Å². The minimum absolute atomic E-state index is 0.0957. The zero-order valence-electron chi connectivity index (χ0n) is 15.3. The number of nitro groups is 1. The monoisotopic (exact) mass is 370 g/mol. The molecule has 0 amide bonds. The lowest BCUT2D eigenvalue weighted by atomic mass is 10.0. The van der Waals surface area contributed by atoms with Crippen molar-refractivity contribution in [2.45, 2.75) is 13.1 Å². The van der Waals surface area contributed by atoms with Crippen molar-refractivity contribution in [3.63, 3.8) is 0 Å². The van der Waals surface area contributed by atoms with Gasteiger partial charge in [-0.3, -0.25) is 14.7 Å². The van der Waals surface area contributed by atoms with Gasteiger partial charge in [0.1, 0.15) is 12.0 Å². The van der Waals surface area contributed by atoms with Gasteiger partial charge in [-0.2, -0.15) is 0 Å². The van der Waals surface area contributed by atoms with Crippen LogP contribution in [-0.2, 0) is 0 Å². The smallest absolute Gasteiger partial charge is 0.269 e. The molecule has 0 saturated heterocycles. The summed E-state index contributed by atoms with van der Waals surface area (Å²) < 4.78 is 2.19. The van der Waals surface area contributed by atoms with Crippen LogP contribution in [0, 0.1) is 10.1 Å². The minimum atomic E-state index is -0.344. The Morgan fingerprint density at radius 2 is 1.82 bits per heavy atom. The molecular formula is C22H18N4O2. The second-order valence-corrected chi connectivity index (χ2v) is 6.82. The average Bonchev–Trinajstić information content (AvgIpc) is 3.12. The molecule has 3 aromatic carbocycles. The van der Waals surface area contributed by atoms with Crippen molar-refractivity contribution in [2.24, 2.45) is 0 Å². The van der Waals surface area contributed by atoms with E-state index in [9.17, 15) is 10.1 Å². The van der Waals surface area contributed by atoms with Crippen molar-refractivity contribution in [2.75, 3.05) is 11.4 Å². The first-order valence-corrected chi connectivity index (χ1v) is 9.26. The maximum atomic E-state index is 11.4. The third kappa shape index (κ3) is 2.31. The number of hydrogen-bond acceptors (Lipinski definition) is 4. The normalized spacial score (nSPS) is 15.3. The molecule has 6 heteroatoms. The predicted octanol–water partition coefficient (Wildman–Crippen LogP) is 5.00. The van der Waals surface area contributed by atoms with Crippen LogP contribution in [0.1, 0.15) is 18.7 Å². The van der Waals surface area contributed by atoms with Gasteiger partial charge < -0.3 is 4.90 Å². The number of anilines is 1. The molecule has 1 atom stereocenters. The van der Waals surface area contributed by atoms with E-state index in [0.717, 1.165) is 40.2 Å². The number of fused-ring (bicyclic) bond motifs is 5. The molecule has 2 heterocycles. The molecule has 5 rings (SSSR count). The van der Waals surface area contributed by atoms with E-state index in [4.69, 9.17) is 4.98 Å². The highest BCUT2D eigenvalue weighted by atomic mass is 16.6. The molecule has 28 heavy (non-hydrogen) atoms. The molecule has 0 spiro atoms. The van der Waals surface area contributed by atoms with Crippen LogP contribution in [0.25, 0.3) is 22.4 Å². The number of benzene rings is 3. The summed E-state index contributed by atoms with van der Waals surface area (Å²) in [6.07, 6.45) is -0.206. The number of hydrogen-bond donors (Lipinski definition) is 0. The summed E-state index contributed by atoms with van der Waals surface area (Å²) in [7, 11) is 0. The van der Waals surface area contributed by atoms with Gasteiger partial charge in [-0.1, -0.05) is 36.4 Å². The molecule has 1 aliphatic heterocycles. The number of non-ortho nitro benzene ring substituents is 1. The lowest BCUT2D eigenvalue weighted by molar-refractivity contribution is -0.384. The van der Waals surface area contributed by atoms with Crippen molar-refractivity contribution in [1.29, 1.82) is 0 Å². The quantitative estimate of drug-likeness (QED) is 0.376. The first-order valence-electron chi connectivity index (χ1n) is 9.26. The first-order chi connectivity index (χ1) is 13.7. The van der Waals surface area contributed by atoms with Gasteiger partial charge in [0.2, 0.25) is 0 Å². The van der Waals surface area contributed by atoms with E-state index >= 15 is 0 Å². The van der Waals surface area contributed by atoms with Gasteiger partial charge in [-0.15, -0.1) is 0 Å². The third-order valence-electron chi connectivity index (χ3n) is 5.31. The second-order valence-electron chi connectivity index (χ2n) is 6.82. The van der Waals surface area contributed by atoms with Crippen LogP contribution < -0.4 is 4.90 Å². The van der Waals surface area contributed by atoms with Crippen LogP contribution in [-0.4, -0.2) is 21.0 Å². The zero-order chi connectivity index (χ0) is 19.3. The van der Waals surface area contributed by atoms with E-state index in [1.54, 1.807) is 12.1 Å². The Labute approximate surface area is 161 Å². The minimum Gasteiger partial charge on any atom is -0.347 e. The van der Waals surface area contributed by atoms with E-state index in [1.807, 2.05) is 36.4 Å². The average molecular weight is 370 g/mol. The Morgan fingerprint density at radius 3 is 2.64 bits per heavy atom. The molecular weight excluding hydrogens is 352 g/mol. The molecule has 0 fully saturated rings. The van der Waals surface area contributed by atoms with E-state index < -0.39 is 0 Å². The number of imidazole rings is 1. The van der Waals surface area contributed by atoms with Gasteiger partial charge in [0, 0.05) is 35.5 Å². The Hall–Kier alpha value is -3.67. The number of para-hydroxylation sites is 3. The van der Waals surface area contributed by atoms with E-state index in [2.05, 4.69) is 34.6 Å². The van der Waals surface area contributed by atoms with E-state index in [-0.39, 0.29) is 16.8 Å². The Morgan fingerprint density at radius 1 is 1.04 bits per heavy atom. The molecule has 1 aliphatic rings. The van der Waals surface area contributed by atoms with E-state index in [0.29, 0.717) is 0 Å². The largest absolute Gasteiger partial charge is 0.347 e. The van der Waals surface area contributed by atoms with Crippen molar-refractivity contribution in [3.8, 4) is 11.4 Å². The van der Waals surface area contributed by atoms with Crippen LogP contribution in [0.2, 0.25) is 0 Å². The summed E-state index contributed by atoms with van der Waals surface area (Å²) in [5.41, 5.74) is 5.06. The van der Waals surface area contributed by atoms with Crippen LogP contribution in [0.15, 0.2) is 72.8 Å². The Bertz CT molecular complexity index is 1210. The van der Waals surface area contributed by atoms with E-state index in [1.165, 1.54) is 6.07 Å². The maximum absolute atomic E-state index is 11.4. The fourth-order valence-corrected chi connectivity index (χ4v) is 4.14. The highest BCUT2D eigenvalue weighted by Crippen LogP contribution is 2.44. The molecule has 0 saturated carbocycles. The Balaban J connectivity index is 1.84. The predicted molar refractivity (Wildman–Crippen MR) is 109 cm³/mol. The molecule has 0 bridgehead atoms. The van der Waals surface area contributed by atoms with Crippen LogP contribution in [0.3, 0.4) is 0 Å². The fourth-order valence-electron chi connectivity index (χ4n) is 4.14. The summed E-state index contributed by atoms with van der Waals surface area (Å²) in [5.74, 6) is 0.887. The van der Waals surface area contributed by atoms with Gasteiger partial charge in [0.25, 0.3) is 5.69 Å². The lowest BCUT2D eigenvalue weighted by Crippen LogP contribution is -2.37. The third-order valence-corrected chi connectivity index (χ3v) is 5.31. The van der Waals surface area contributed by atoms with Crippen molar-refractivity contribution in [3.05, 3.63) is 88.5 Å². The molecule has 0 aliphatic carbocycles. The lowest BCUT2D eigenvalue weighted by Gasteiger charge is -2.40. The summed E-state index contributed by atoms with van der Waals surface area (Å²) in [5, 5.41) is 11.4. The molecule has 0 radical (unpaired) electrons. The number of nitro benzene ring substituents is 1. The molecule has 4 aromatic rings. The second kappa shape index (κ2) is 6.20. The summed E-state index contributed by atoms with van der Waals surface area (Å²) in [6, 6.07) is 23.1.